The topological polar surface area (TPSA) is 72.7 Å². The molecule has 3 rings (SSSR count). The van der Waals surface area contributed by atoms with Crippen LogP contribution in [0.5, 0.6) is 0 Å². The minimum atomic E-state index is -0.0760. The molecule has 0 aliphatic heterocycles. The lowest BCUT2D eigenvalue weighted by Crippen LogP contribution is -2.16. The number of para-hydroxylation sites is 1. The van der Waals surface area contributed by atoms with Gasteiger partial charge in [-0.2, -0.15) is 0 Å². The predicted octanol–water partition coefficient (Wildman–Crippen LogP) is 3.01. The molecule has 0 fully saturated rings. The van der Waals surface area contributed by atoms with Crippen molar-refractivity contribution in [1.29, 1.82) is 0 Å². The molecular formula is C17H17N5OS. The Balaban J connectivity index is 1.67. The van der Waals surface area contributed by atoms with E-state index in [1.807, 2.05) is 50.2 Å². The van der Waals surface area contributed by atoms with E-state index >= 15 is 0 Å². The molecule has 122 valence electrons. The standard InChI is InChI=1S/C17H17N5OS/c1-12-6-5-7-13(2)16(12)20-15(23)10-24-17-21-19-11-22(17)14-8-3-4-9-18-14/h3-9,11H,10H2,1-2H3,(H,20,23). The smallest absolute Gasteiger partial charge is 0.234 e. The van der Waals surface area contributed by atoms with E-state index < -0.39 is 0 Å². The van der Waals surface area contributed by atoms with E-state index in [4.69, 9.17) is 0 Å². The number of hydrogen-bond acceptors (Lipinski definition) is 5. The van der Waals surface area contributed by atoms with Crippen LogP contribution in [0.4, 0.5) is 5.69 Å². The van der Waals surface area contributed by atoms with E-state index in [-0.39, 0.29) is 11.7 Å². The Bertz CT molecular complexity index is 827. The van der Waals surface area contributed by atoms with E-state index in [1.54, 1.807) is 17.1 Å². The second-order valence-electron chi connectivity index (χ2n) is 5.28. The second kappa shape index (κ2) is 7.27. The maximum atomic E-state index is 12.3. The van der Waals surface area contributed by atoms with Crippen molar-refractivity contribution in [3.05, 3.63) is 60.0 Å². The number of hydrogen-bond donors (Lipinski definition) is 1. The van der Waals surface area contributed by atoms with Crippen LogP contribution in [0.2, 0.25) is 0 Å². The highest BCUT2D eigenvalue weighted by Gasteiger charge is 2.12. The monoisotopic (exact) mass is 339 g/mol. The Morgan fingerprint density at radius 3 is 2.67 bits per heavy atom. The normalized spacial score (nSPS) is 10.6. The summed E-state index contributed by atoms with van der Waals surface area (Å²) < 4.78 is 1.76. The summed E-state index contributed by atoms with van der Waals surface area (Å²) in [6.45, 7) is 3.96. The van der Waals surface area contributed by atoms with Gasteiger partial charge >= 0.3 is 0 Å². The van der Waals surface area contributed by atoms with Crippen LogP contribution in [0.1, 0.15) is 11.1 Å². The van der Waals surface area contributed by atoms with Gasteiger partial charge in [0.15, 0.2) is 5.16 Å². The Kier molecular flexibility index (Phi) is 4.90. The van der Waals surface area contributed by atoms with Crippen LogP contribution in [0.3, 0.4) is 0 Å². The van der Waals surface area contributed by atoms with E-state index in [0.717, 1.165) is 22.6 Å². The van der Waals surface area contributed by atoms with Gasteiger partial charge in [-0.3, -0.25) is 9.36 Å². The van der Waals surface area contributed by atoms with Crippen LogP contribution in [0, 0.1) is 13.8 Å². The average molecular weight is 339 g/mol. The number of benzene rings is 1. The summed E-state index contributed by atoms with van der Waals surface area (Å²) in [5.74, 6) is 0.896. The summed E-state index contributed by atoms with van der Waals surface area (Å²) in [4.78, 5) is 16.5. The molecule has 0 saturated heterocycles. The summed E-state index contributed by atoms with van der Waals surface area (Å²) in [5.41, 5.74) is 2.96. The number of aryl methyl sites for hydroxylation is 2. The minimum Gasteiger partial charge on any atom is -0.325 e. The second-order valence-corrected chi connectivity index (χ2v) is 6.22. The Morgan fingerprint density at radius 2 is 1.96 bits per heavy atom. The van der Waals surface area contributed by atoms with Gasteiger partial charge < -0.3 is 5.32 Å². The van der Waals surface area contributed by atoms with Crippen LogP contribution in [-0.2, 0) is 4.79 Å². The molecule has 0 bridgehead atoms. The third-order valence-corrected chi connectivity index (χ3v) is 4.43. The largest absolute Gasteiger partial charge is 0.325 e. The molecule has 6 nitrogen and oxygen atoms in total. The number of nitrogens with one attached hydrogen (secondary N) is 1. The molecule has 0 aliphatic rings. The molecule has 0 saturated carbocycles. The molecule has 2 aromatic heterocycles. The van der Waals surface area contributed by atoms with Gasteiger partial charge in [-0.15, -0.1) is 10.2 Å². The van der Waals surface area contributed by atoms with Crippen LogP contribution >= 0.6 is 11.8 Å². The van der Waals surface area contributed by atoms with Gasteiger partial charge in [0.05, 0.1) is 5.75 Å². The molecule has 7 heteroatoms. The summed E-state index contributed by atoms with van der Waals surface area (Å²) in [6, 6.07) is 11.5. The first-order valence-electron chi connectivity index (χ1n) is 7.45. The molecule has 0 spiro atoms. The highest BCUT2D eigenvalue weighted by Crippen LogP contribution is 2.21. The molecule has 1 N–H and O–H groups in total. The summed E-state index contributed by atoms with van der Waals surface area (Å²) in [6.07, 6.45) is 3.30. The Morgan fingerprint density at radius 1 is 1.17 bits per heavy atom. The minimum absolute atomic E-state index is 0.0760. The maximum absolute atomic E-state index is 12.3. The number of anilines is 1. The van der Waals surface area contributed by atoms with Crippen LogP contribution in [-0.4, -0.2) is 31.4 Å². The van der Waals surface area contributed by atoms with Crippen LogP contribution in [0.15, 0.2) is 54.1 Å². The zero-order valence-electron chi connectivity index (χ0n) is 13.4. The van der Waals surface area contributed by atoms with Crippen LogP contribution in [0.25, 0.3) is 5.82 Å². The molecule has 24 heavy (non-hydrogen) atoms. The SMILES string of the molecule is Cc1cccc(C)c1NC(=O)CSc1nncn1-c1ccccn1. The van der Waals surface area contributed by atoms with Crippen molar-refractivity contribution in [1.82, 2.24) is 19.7 Å². The van der Waals surface area contributed by atoms with Gasteiger partial charge in [-0.05, 0) is 37.1 Å². The number of thioether (sulfide) groups is 1. The number of aromatic nitrogens is 4. The first kappa shape index (κ1) is 16.2. The Labute approximate surface area is 144 Å². The van der Waals surface area contributed by atoms with Gasteiger partial charge in [0.25, 0.3) is 0 Å². The molecular weight excluding hydrogens is 322 g/mol. The molecule has 0 radical (unpaired) electrons. The van der Waals surface area contributed by atoms with Crippen molar-refractivity contribution in [3.63, 3.8) is 0 Å². The summed E-state index contributed by atoms with van der Waals surface area (Å²) in [5, 5.41) is 11.6. The zero-order chi connectivity index (χ0) is 16.9. The fourth-order valence-electron chi connectivity index (χ4n) is 2.29. The highest BCUT2D eigenvalue weighted by molar-refractivity contribution is 7.99. The molecule has 3 aromatic rings. The maximum Gasteiger partial charge on any atom is 0.234 e. The molecule has 0 unspecified atom stereocenters. The highest BCUT2D eigenvalue weighted by atomic mass is 32.2. The van der Waals surface area contributed by atoms with Crippen molar-refractivity contribution in [3.8, 4) is 5.82 Å². The van der Waals surface area contributed by atoms with Crippen LogP contribution < -0.4 is 5.32 Å². The van der Waals surface area contributed by atoms with Crippen molar-refractivity contribution >= 4 is 23.4 Å². The first-order valence-corrected chi connectivity index (χ1v) is 8.44. The Hall–Kier alpha value is -2.67. The van der Waals surface area contributed by atoms with Gasteiger partial charge in [0.1, 0.15) is 12.1 Å². The van der Waals surface area contributed by atoms with Gasteiger partial charge in [0, 0.05) is 11.9 Å². The average Bonchev–Trinajstić information content (AvgIpc) is 3.06. The van der Waals surface area contributed by atoms with Crippen molar-refractivity contribution in [2.24, 2.45) is 0 Å². The molecule has 2 heterocycles. The van der Waals surface area contributed by atoms with Crippen molar-refractivity contribution in [2.45, 2.75) is 19.0 Å². The van der Waals surface area contributed by atoms with Crippen molar-refractivity contribution in [2.75, 3.05) is 11.1 Å². The first-order chi connectivity index (χ1) is 11.6. The predicted molar refractivity (Wildman–Crippen MR) is 94.4 cm³/mol. The number of nitrogens with zero attached hydrogens (tertiary/aromatic N) is 4. The lowest BCUT2D eigenvalue weighted by Gasteiger charge is -2.11. The van der Waals surface area contributed by atoms with Gasteiger partial charge in [0.2, 0.25) is 5.91 Å². The van der Waals surface area contributed by atoms with E-state index in [9.17, 15) is 4.79 Å². The van der Waals surface area contributed by atoms with E-state index in [1.165, 1.54) is 11.8 Å². The molecule has 1 amide bonds. The third kappa shape index (κ3) is 3.62. The quantitative estimate of drug-likeness (QED) is 0.724. The zero-order valence-corrected chi connectivity index (χ0v) is 14.2. The molecule has 0 atom stereocenters. The van der Waals surface area contributed by atoms with E-state index in [0.29, 0.717) is 5.16 Å². The molecule has 0 aliphatic carbocycles. The van der Waals surface area contributed by atoms with E-state index in [2.05, 4.69) is 20.5 Å². The molecule has 1 aromatic carbocycles. The fraction of sp³-hybridized carbons (Fsp3) is 0.176. The van der Waals surface area contributed by atoms with Gasteiger partial charge in [-0.1, -0.05) is 36.0 Å². The third-order valence-electron chi connectivity index (χ3n) is 3.49. The fourth-order valence-corrected chi connectivity index (χ4v) is 3.01. The lowest BCUT2D eigenvalue weighted by molar-refractivity contribution is -0.113. The number of pyridine rings is 1. The summed E-state index contributed by atoms with van der Waals surface area (Å²) in [7, 11) is 0. The number of rotatable bonds is 5. The lowest BCUT2D eigenvalue weighted by atomic mass is 10.1. The van der Waals surface area contributed by atoms with Crippen molar-refractivity contribution < 1.29 is 4.79 Å². The summed E-state index contributed by atoms with van der Waals surface area (Å²) >= 11 is 1.32. The van der Waals surface area contributed by atoms with Gasteiger partial charge in [-0.25, -0.2) is 4.98 Å². The number of amides is 1. The number of carbonyl (C=O) groups is 1. The number of carbonyl (C=O) groups excluding carboxylic acids is 1.